The number of nitrogens with zero attached hydrogens (tertiary/aromatic N) is 1. The lowest BCUT2D eigenvalue weighted by Gasteiger charge is -2.18. The topological polar surface area (TPSA) is 85.3 Å². The molecule has 0 fully saturated rings. The molecule has 0 rings (SSSR count). The minimum atomic E-state index is -0.626. The Hall–Kier alpha value is -1.24. The quantitative estimate of drug-likeness (QED) is 0.391. The monoisotopic (exact) mass is 204 g/mol. The summed E-state index contributed by atoms with van der Waals surface area (Å²) in [6, 6.07) is -1.25. The molecule has 13 heavy (non-hydrogen) atoms. The Labute approximate surface area is 80.6 Å². The molecule has 0 radical (unpaired) electrons. The van der Waals surface area contributed by atoms with Crippen molar-refractivity contribution in [2.24, 2.45) is 0 Å². The SMILES string of the molecule is CNC(=O)N(C(=N)SC)C(=O)NC. The molecule has 0 unspecified atom stereocenters. The predicted molar refractivity (Wildman–Crippen MR) is 52.0 cm³/mol. The molecule has 0 spiro atoms. The van der Waals surface area contributed by atoms with Gasteiger partial charge in [-0.15, -0.1) is 0 Å². The lowest BCUT2D eigenvalue weighted by Crippen LogP contribution is -2.48. The third kappa shape index (κ3) is 2.94. The van der Waals surface area contributed by atoms with Crippen molar-refractivity contribution in [2.75, 3.05) is 20.4 Å². The summed E-state index contributed by atoms with van der Waals surface area (Å²) in [6.07, 6.45) is 1.61. The summed E-state index contributed by atoms with van der Waals surface area (Å²) in [5, 5.41) is 11.7. The van der Waals surface area contributed by atoms with Crippen LogP contribution in [-0.4, -0.2) is 42.5 Å². The Bertz CT molecular complexity index is 193. The summed E-state index contributed by atoms with van der Waals surface area (Å²) in [5.74, 6) is 0. The molecule has 7 heteroatoms. The van der Waals surface area contributed by atoms with E-state index in [1.165, 1.54) is 14.1 Å². The summed E-state index contributed by atoms with van der Waals surface area (Å²) in [5.41, 5.74) is 0. The first-order valence-electron chi connectivity index (χ1n) is 3.44. The van der Waals surface area contributed by atoms with Crippen LogP contribution in [0.4, 0.5) is 9.59 Å². The molecule has 0 aliphatic heterocycles. The third-order valence-electron chi connectivity index (χ3n) is 1.23. The fraction of sp³-hybridized carbons (Fsp3) is 0.500. The lowest BCUT2D eigenvalue weighted by atomic mass is 10.7. The maximum Gasteiger partial charge on any atom is 0.331 e. The second-order valence-electron chi connectivity index (χ2n) is 1.95. The highest BCUT2D eigenvalue weighted by Gasteiger charge is 2.23. The van der Waals surface area contributed by atoms with Gasteiger partial charge in [-0.1, -0.05) is 11.8 Å². The number of amidine groups is 1. The molecule has 0 saturated heterocycles. The number of carbonyl (C=O) groups excluding carboxylic acids is 2. The standard InChI is InChI=1S/C6H12N4O2S/c1-8-5(11)10(4(7)13-3)6(12)9-2/h7H,1-3H3,(H,8,11)(H,9,12). The second-order valence-corrected chi connectivity index (χ2v) is 2.75. The molecule has 3 N–H and O–H groups in total. The van der Waals surface area contributed by atoms with Gasteiger partial charge < -0.3 is 10.6 Å². The van der Waals surface area contributed by atoms with Crippen molar-refractivity contribution in [1.29, 1.82) is 5.41 Å². The van der Waals surface area contributed by atoms with E-state index in [-0.39, 0.29) is 5.17 Å². The van der Waals surface area contributed by atoms with Gasteiger partial charge in [0.15, 0.2) is 5.17 Å². The highest BCUT2D eigenvalue weighted by atomic mass is 32.2. The van der Waals surface area contributed by atoms with E-state index in [4.69, 9.17) is 5.41 Å². The van der Waals surface area contributed by atoms with Crippen LogP contribution in [0, 0.1) is 5.41 Å². The Morgan fingerprint density at radius 2 is 1.62 bits per heavy atom. The molecule has 0 aromatic carbocycles. The van der Waals surface area contributed by atoms with Gasteiger partial charge in [-0.3, -0.25) is 5.41 Å². The van der Waals surface area contributed by atoms with E-state index < -0.39 is 12.1 Å². The zero-order valence-corrected chi connectivity index (χ0v) is 8.49. The summed E-state index contributed by atoms with van der Waals surface area (Å²) in [4.78, 5) is 22.9. The van der Waals surface area contributed by atoms with Crippen LogP contribution in [0.15, 0.2) is 0 Å². The van der Waals surface area contributed by atoms with Gasteiger partial charge in [0.2, 0.25) is 0 Å². The first kappa shape index (κ1) is 11.8. The second kappa shape index (κ2) is 5.41. The average Bonchev–Trinajstić information content (AvgIpc) is 2.16. The number of imide groups is 1. The van der Waals surface area contributed by atoms with Crippen LogP contribution in [0.1, 0.15) is 0 Å². The predicted octanol–water partition coefficient (Wildman–Crippen LogP) is 0.265. The zero-order valence-electron chi connectivity index (χ0n) is 7.67. The highest BCUT2D eigenvalue weighted by molar-refractivity contribution is 8.13. The number of urea groups is 2. The minimum absolute atomic E-state index is 0.126. The van der Waals surface area contributed by atoms with Gasteiger partial charge in [0, 0.05) is 14.1 Å². The van der Waals surface area contributed by atoms with Gasteiger partial charge >= 0.3 is 12.1 Å². The van der Waals surface area contributed by atoms with Gasteiger partial charge in [-0.05, 0) is 6.26 Å². The fourth-order valence-corrected chi connectivity index (χ4v) is 0.940. The number of thioether (sulfide) groups is 1. The summed E-state index contributed by atoms with van der Waals surface area (Å²) in [7, 11) is 2.79. The van der Waals surface area contributed by atoms with E-state index in [2.05, 4.69) is 10.6 Å². The molecule has 6 nitrogen and oxygen atoms in total. The van der Waals surface area contributed by atoms with Crippen LogP contribution in [0.25, 0.3) is 0 Å². The van der Waals surface area contributed by atoms with Crippen molar-refractivity contribution < 1.29 is 9.59 Å². The van der Waals surface area contributed by atoms with Crippen molar-refractivity contribution in [2.45, 2.75) is 0 Å². The third-order valence-corrected chi connectivity index (χ3v) is 1.80. The molecule has 0 aliphatic carbocycles. The number of hydrogen-bond acceptors (Lipinski definition) is 4. The van der Waals surface area contributed by atoms with Crippen LogP contribution in [0.3, 0.4) is 0 Å². The van der Waals surface area contributed by atoms with Crippen LogP contribution >= 0.6 is 11.8 Å². The Kier molecular flexibility index (Phi) is 4.90. The molecule has 0 aromatic rings. The lowest BCUT2D eigenvalue weighted by molar-refractivity contribution is 0.208. The molecule has 4 amide bonds. The largest absolute Gasteiger partial charge is 0.340 e. The molecular weight excluding hydrogens is 192 g/mol. The zero-order chi connectivity index (χ0) is 10.4. The smallest absolute Gasteiger partial charge is 0.331 e. The first-order chi connectivity index (χ1) is 6.08. The van der Waals surface area contributed by atoms with E-state index in [9.17, 15) is 9.59 Å². The summed E-state index contributed by atoms with van der Waals surface area (Å²) < 4.78 is 0. The van der Waals surface area contributed by atoms with Crippen molar-refractivity contribution in [1.82, 2.24) is 15.5 Å². The summed E-state index contributed by atoms with van der Waals surface area (Å²) >= 11 is 1.01. The maximum absolute atomic E-state index is 11.1. The number of rotatable bonds is 0. The van der Waals surface area contributed by atoms with Crippen molar-refractivity contribution >= 4 is 29.0 Å². The van der Waals surface area contributed by atoms with Gasteiger partial charge in [-0.25, -0.2) is 9.59 Å². The van der Waals surface area contributed by atoms with E-state index in [0.717, 1.165) is 11.8 Å². The van der Waals surface area contributed by atoms with Gasteiger partial charge in [-0.2, -0.15) is 4.90 Å². The summed E-state index contributed by atoms with van der Waals surface area (Å²) in [6.45, 7) is 0. The molecular formula is C6H12N4O2S. The highest BCUT2D eigenvalue weighted by Crippen LogP contribution is 2.03. The van der Waals surface area contributed by atoms with E-state index in [1.807, 2.05) is 0 Å². The molecule has 0 saturated carbocycles. The molecule has 74 valence electrons. The van der Waals surface area contributed by atoms with Crippen molar-refractivity contribution in [3.63, 3.8) is 0 Å². The molecule has 0 aromatic heterocycles. The van der Waals surface area contributed by atoms with E-state index in [0.29, 0.717) is 4.90 Å². The normalized spacial score (nSPS) is 8.85. The van der Waals surface area contributed by atoms with Gasteiger partial charge in [0.1, 0.15) is 0 Å². The van der Waals surface area contributed by atoms with Gasteiger partial charge in [0.25, 0.3) is 0 Å². The maximum atomic E-state index is 11.1. The number of hydrogen-bond donors (Lipinski definition) is 3. The molecule has 0 heterocycles. The van der Waals surface area contributed by atoms with E-state index >= 15 is 0 Å². The van der Waals surface area contributed by atoms with Crippen LogP contribution in [0.5, 0.6) is 0 Å². The molecule has 0 bridgehead atoms. The van der Waals surface area contributed by atoms with Gasteiger partial charge in [0.05, 0.1) is 0 Å². The first-order valence-corrected chi connectivity index (χ1v) is 4.67. The Morgan fingerprint density at radius 3 is 1.85 bits per heavy atom. The fourth-order valence-electron chi connectivity index (χ4n) is 0.592. The van der Waals surface area contributed by atoms with Crippen LogP contribution in [0.2, 0.25) is 0 Å². The molecule has 0 aliphatic rings. The number of carbonyl (C=O) groups is 2. The average molecular weight is 204 g/mol. The molecule has 0 atom stereocenters. The van der Waals surface area contributed by atoms with Crippen LogP contribution < -0.4 is 10.6 Å². The van der Waals surface area contributed by atoms with Crippen molar-refractivity contribution in [3.8, 4) is 0 Å². The van der Waals surface area contributed by atoms with E-state index in [1.54, 1.807) is 6.26 Å². The Morgan fingerprint density at radius 1 is 1.23 bits per heavy atom. The van der Waals surface area contributed by atoms with Crippen LogP contribution in [-0.2, 0) is 0 Å². The number of amides is 4. The number of nitrogens with one attached hydrogen (secondary N) is 3. The Balaban J connectivity index is 4.64. The van der Waals surface area contributed by atoms with Crippen molar-refractivity contribution in [3.05, 3.63) is 0 Å². The minimum Gasteiger partial charge on any atom is -0.340 e.